The molecule has 6 heteroatoms. The molecule has 0 aliphatic carbocycles. The number of aryl methyl sites for hydroxylation is 1. The second-order valence-corrected chi connectivity index (χ2v) is 3.99. The first kappa shape index (κ1) is 12.1. The Hall–Kier alpha value is -2.37. The highest BCUT2D eigenvalue weighted by atomic mass is 16.1. The predicted octanol–water partition coefficient (Wildman–Crippen LogP) is 1.03. The number of amides is 1. The highest BCUT2D eigenvalue weighted by Gasteiger charge is 2.08. The van der Waals surface area contributed by atoms with E-state index >= 15 is 0 Å². The summed E-state index contributed by atoms with van der Waals surface area (Å²) in [5.74, 6) is 0.570. The summed E-state index contributed by atoms with van der Waals surface area (Å²) < 4.78 is 1.68. The van der Waals surface area contributed by atoms with Crippen LogP contribution in [0.15, 0.2) is 30.9 Å². The maximum atomic E-state index is 11.7. The molecule has 2 rings (SSSR count). The molecule has 0 aliphatic heterocycles. The molecule has 0 radical (unpaired) electrons. The van der Waals surface area contributed by atoms with Gasteiger partial charge in [0.15, 0.2) is 0 Å². The fourth-order valence-electron chi connectivity index (χ4n) is 1.54. The third-order valence-corrected chi connectivity index (χ3v) is 2.44. The normalized spacial score (nSPS) is 12.8. The number of aromatic nitrogens is 4. The number of carbonyl (C=O) groups excluding carboxylic acids is 1. The number of carbonyl (C=O) groups is 1. The summed E-state index contributed by atoms with van der Waals surface area (Å²) in [4.78, 5) is 18.7. The zero-order chi connectivity index (χ0) is 13.0. The summed E-state index contributed by atoms with van der Waals surface area (Å²) >= 11 is 0. The first-order chi connectivity index (χ1) is 8.65. The van der Waals surface area contributed by atoms with Crippen LogP contribution in [-0.2, 0) is 11.8 Å². The van der Waals surface area contributed by atoms with Crippen LogP contribution in [0.25, 0.3) is 6.08 Å². The predicted molar refractivity (Wildman–Crippen MR) is 67.4 cm³/mol. The number of nitrogens with zero attached hydrogens (tertiary/aromatic N) is 3. The van der Waals surface area contributed by atoms with E-state index in [9.17, 15) is 4.79 Å². The number of rotatable bonds is 4. The van der Waals surface area contributed by atoms with Gasteiger partial charge >= 0.3 is 0 Å². The van der Waals surface area contributed by atoms with Crippen LogP contribution < -0.4 is 5.32 Å². The molecule has 2 aromatic heterocycles. The summed E-state index contributed by atoms with van der Waals surface area (Å²) in [5.41, 5.74) is 0.887. The second kappa shape index (κ2) is 5.31. The molecular formula is C12H15N5O. The lowest BCUT2D eigenvalue weighted by atomic mass is 10.3. The van der Waals surface area contributed by atoms with E-state index in [2.05, 4.69) is 20.4 Å². The average molecular weight is 245 g/mol. The zero-order valence-corrected chi connectivity index (χ0v) is 10.3. The molecule has 2 N–H and O–H groups in total. The number of nitrogens with one attached hydrogen (secondary N) is 2. The average Bonchev–Trinajstić information content (AvgIpc) is 2.97. The molecule has 0 aromatic carbocycles. The Labute approximate surface area is 105 Å². The molecular weight excluding hydrogens is 230 g/mol. The molecule has 0 aliphatic rings. The van der Waals surface area contributed by atoms with Gasteiger partial charge in [-0.3, -0.25) is 9.48 Å². The van der Waals surface area contributed by atoms with Gasteiger partial charge in [-0.2, -0.15) is 5.10 Å². The first-order valence-electron chi connectivity index (χ1n) is 5.61. The standard InChI is InChI=1S/C12H15N5O/c1-9(12-13-5-6-14-12)16-11(18)4-3-10-7-15-17(2)8-10/h3-9H,1-2H3,(H,13,14)(H,16,18)/b4-3+. The van der Waals surface area contributed by atoms with E-state index in [-0.39, 0.29) is 11.9 Å². The van der Waals surface area contributed by atoms with Crippen LogP contribution in [0.5, 0.6) is 0 Å². The van der Waals surface area contributed by atoms with Gasteiger partial charge in [-0.15, -0.1) is 0 Å². The molecule has 1 atom stereocenters. The van der Waals surface area contributed by atoms with Gasteiger partial charge in [-0.25, -0.2) is 4.98 Å². The van der Waals surface area contributed by atoms with Crippen molar-refractivity contribution in [2.75, 3.05) is 0 Å². The number of hydrogen-bond acceptors (Lipinski definition) is 3. The quantitative estimate of drug-likeness (QED) is 0.790. The Bertz CT molecular complexity index is 541. The molecule has 1 unspecified atom stereocenters. The van der Waals surface area contributed by atoms with E-state index in [1.54, 1.807) is 29.3 Å². The van der Waals surface area contributed by atoms with Crippen LogP contribution in [0.2, 0.25) is 0 Å². The summed E-state index contributed by atoms with van der Waals surface area (Å²) in [6, 6.07) is -0.147. The molecule has 2 heterocycles. The van der Waals surface area contributed by atoms with Gasteiger partial charge < -0.3 is 10.3 Å². The highest BCUT2D eigenvalue weighted by molar-refractivity contribution is 5.91. The summed E-state index contributed by atoms with van der Waals surface area (Å²) in [7, 11) is 1.83. The Morgan fingerprint density at radius 3 is 3.06 bits per heavy atom. The molecule has 6 nitrogen and oxygen atoms in total. The minimum Gasteiger partial charge on any atom is -0.347 e. The molecule has 0 spiro atoms. The second-order valence-electron chi connectivity index (χ2n) is 3.99. The van der Waals surface area contributed by atoms with Crippen molar-refractivity contribution in [3.05, 3.63) is 42.3 Å². The molecule has 0 bridgehead atoms. The number of H-pyrrole nitrogens is 1. The molecule has 0 saturated carbocycles. The molecule has 1 amide bonds. The van der Waals surface area contributed by atoms with Gasteiger partial charge in [-0.05, 0) is 13.0 Å². The minimum absolute atomic E-state index is 0.147. The topological polar surface area (TPSA) is 75.6 Å². The smallest absolute Gasteiger partial charge is 0.244 e. The van der Waals surface area contributed by atoms with E-state index in [1.807, 2.05) is 20.2 Å². The monoisotopic (exact) mass is 245 g/mol. The van der Waals surface area contributed by atoms with E-state index < -0.39 is 0 Å². The van der Waals surface area contributed by atoms with E-state index in [0.29, 0.717) is 0 Å². The third-order valence-electron chi connectivity index (χ3n) is 2.44. The van der Waals surface area contributed by atoms with E-state index in [4.69, 9.17) is 0 Å². The van der Waals surface area contributed by atoms with Crippen molar-refractivity contribution in [2.45, 2.75) is 13.0 Å². The highest BCUT2D eigenvalue weighted by Crippen LogP contribution is 2.05. The Kier molecular flexibility index (Phi) is 3.57. The van der Waals surface area contributed by atoms with Crippen LogP contribution in [0, 0.1) is 0 Å². The fourth-order valence-corrected chi connectivity index (χ4v) is 1.54. The van der Waals surface area contributed by atoms with Crippen LogP contribution in [0.3, 0.4) is 0 Å². The molecule has 0 fully saturated rings. The summed E-state index contributed by atoms with van der Waals surface area (Å²) in [6.45, 7) is 1.87. The largest absolute Gasteiger partial charge is 0.347 e. The maximum absolute atomic E-state index is 11.7. The lowest BCUT2D eigenvalue weighted by Gasteiger charge is -2.08. The van der Waals surface area contributed by atoms with Crippen LogP contribution in [0.1, 0.15) is 24.4 Å². The summed E-state index contributed by atoms with van der Waals surface area (Å²) in [5, 5.41) is 6.83. The van der Waals surface area contributed by atoms with Gasteiger partial charge in [-0.1, -0.05) is 0 Å². The number of hydrogen-bond donors (Lipinski definition) is 2. The maximum Gasteiger partial charge on any atom is 0.244 e. The Morgan fingerprint density at radius 2 is 2.44 bits per heavy atom. The van der Waals surface area contributed by atoms with Crippen molar-refractivity contribution in [3.8, 4) is 0 Å². The van der Waals surface area contributed by atoms with Gasteiger partial charge in [0.2, 0.25) is 5.91 Å². The van der Waals surface area contributed by atoms with Gasteiger partial charge in [0, 0.05) is 37.3 Å². The van der Waals surface area contributed by atoms with Crippen molar-refractivity contribution in [2.24, 2.45) is 7.05 Å². The lowest BCUT2D eigenvalue weighted by Crippen LogP contribution is -2.25. The van der Waals surface area contributed by atoms with Crippen molar-refractivity contribution in [3.63, 3.8) is 0 Å². The number of imidazole rings is 1. The van der Waals surface area contributed by atoms with Crippen molar-refractivity contribution < 1.29 is 4.79 Å². The number of aromatic amines is 1. The summed E-state index contributed by atoms with van der Waals surface area (Å²) in [6.07, 6.45) is 10.1. The Morgan fingerprint density at radius 1 is 1.61 bits per heavy atom. The SMILES string of the molecule is CC(NC(=O)/C=C/c1cnn(C)c1)c1ncc[nH]1. The van der Waals surface area contributed by atoms with Crippen molar-refractivity contribution in [1.82, 2.24) is 25.1 Å². The zero-order valence-electron chi connectivity index (χ0n) is 10.3. The first-order valence-corrected chi connectivity index (χ1v) is 5.61. The lowest BCUT2D eigenvalue weighted by molar-refractivity contribution is -0.117. The molecule has 0 saturated heterocycles. The minimum atomic E-state index is -0.164. The Balaban J connectivity index is 1.91. The van der Waals surface area contributed by atoms with Crippen LogP contribution in [0.4, 0.5) is 0 Å². The third kappa shape index (κ3) is 3.07. The van der Waals surface area contributed by atoms with Crippen LogP contribution >= 0.6 is 0 Å². The van der Waals surface area contributed by atoms with Gasteiger partial charge in [0.05, 0.1) is 12.2 Å². The molecule has 94 valence electrons. The molecule has 2 aromatic rings. The van der Waals surface area contributed by atoms with Gasteiger partial charge in [0.1, 0.15) is 5.82 Å². The van der Waals surface area contributed by atoms with Crippen LogP contribution in [-0.4, -0.2) is 25.7 Å². The fraction of sp³-hybridized carbons (Fsp3) is 0.250. The van der Waals surface area contributed by atoms with Crippen molar-refractivity contribution in [1.29, 1.82) is 0 Å². The van der Waals surface area contributed by atoms with E-state index in [0.717, 1.165) is 11.4 Å². The van der Waals surface area contributed by atoms with E-state index in [1.165, 1.54) is 6.08 Å². The van der Waals surface area contributed by atoms with Crippen molar-refractivity contribution >= 4 is 12.0 Å². The van der Waals surface area contributed by atoms with Gasteiger partial charge in [0.25, 0.3) is 0 Å². The molecule has 18 heavy (non-hydrogen) atoms.